The molecule has 1 saturated carbocycles. The van der Waals surface area contributed by atoms with E-state index in [9.17, 15) is 4.79 Å². The molecule has 1 unspecified atom stereocenters. The third kappa shape index (κ3) is 4.99. The van der Waals surface area contributed by atoms with Crippen molar-refractivity contribution in [3.05, 3.63) is 28.7 Å². The van der Waals surface area contributed by atoms with Crippen molar-refractivity contribution in [1.82, 2.24) is 5.32 Å². The van der Waals surface area contributed by atoms with Gasteiger partial charge in [0.15, 0.2) is 0 Å². The average molecular weight is 366 g/mol. The summed E-state index contributed by atoms with van der Waals surface area (Å²) >= 11 is 5.16. The second-order valence-electron chi connectivity index (χ2n) is 4.75. The van der Waals surface area contributed by atoms with E-state index < -0.39 is 5.54 Å². The lowest BCUT2D eigenvalue weighted by Crippen LogP contribution is -2.44. The van der Waals surface area contributed by atoms with Gasteiger partial charge in [0.05, 0.1) is 5.54 Å². The maximum absolute atomic E-state index is 11.7. The normalized spacial score (nSPS) is 17.2. The highest BCUT2D eigenvalue weighted by atomic mass is 79.9. The number of carbonyl (C=O) groups excluding carboxylic acids is 1. The van der Waals surface area contributed by atoms with Crippen LogP contribution >= 0.6 is 40.1 Å². The molecular weight excluding hydrogens is 348 g/mol. The van der Waals surface area contributed by atoms with E-state index in [1.165, 1.54) is 4.90 Å². The summed E-state index contributed by atoms with van der Waals surface area (Å²) in [6, 6.07) is 8.18. The molecule has 1 fully saturated rings. The van der Waals surface area contributed by atoms with Gasteiger partial charge in [-0.2, -0.15) is 0 Å². The molecule has 3 nitrogen and oxygen atoms in total. The van der Waals surface area contributed by atoms with Gasteiger partial charge in [0.1, 0.15) is 0 Å². The minimum atomic E-state index is -0.567. The molecule has 19 heavy (non-hydrogen) atoms. The monoisotopic (exact) mass is 364 g/mol. The first-order valence-electron chi connectivity index (χ1n) is 5.99. The fraction of sp³-hybridized carbons (Fsp3) is 0.462. The fourth-order valence-electron chi connectivity index (χ4n) is 1.56. The molecule has 0 aromatic heterocycles. The van der Waals surface area contributed by atoms with Crippen molar-refractivity contribution in [3.63, 3.8) is 0 Å². The first kappa shape index (κ1) is 16.8. The molecule has 1 atom stereocenters. The van der Waals surface area contributed by atoms with Gasteiger partial charge in [-0.25, -0.2) is 0 Å². The third-order valence-electron chi connectivity index (χ3n) is 2.94. The molecule has 0 bridgehead atoms. The zero-order valence-electron chi connectivity index (χ0n) is 10.7. The van der Waals surface area contributed by atoms with E-state index in [0.717, 1.165) is 17.3 Å². The van der Waals surface area contributed by atoms with Gasteiger partial charge in [-0.15, -0.1) is 24.2 Å². The molecule has 1 aliphatic rings. The Morgan fingerprint density at radius 2 is 2.05 bits per heavy atom. The molecule has 0 radical (unpaired) electrons. The molecule has 0 spiro atoms. The summed E-state index contributed by atoms with van der Waals surface area (Å²) in [6.07, 6.45) is 1.63. The molecule has 2 rings (SSSR count). The van der Waals surface area contributed by atoms with Crippen LogP contribution in [0.3, 0.4) is 0 Å². The Morgan fingerprint density at radius 1 is 1.47 bits per heavy atom. The Hall–Kier alpha value is -0.230. The minimum absolute atomic E-state index is 0. The number of benzene rings is 1. The van der Waals surface area contributed by atoms with Crippen LogP contribution in [0.2, 0.25) is 0 Å². The van der Waals surface area contributed by atoms with Gasteiger partial charge in [0.2, 0.25) is 5.91 Å². The van der Waals surface area contributed by atoms with Crippen molar-refractivity contribution in [2.45, 2.75) is 35.4 Å². The van der Waals surface area contributed by atoms with Gasteiger partial charge >= 0.3 is 0 Å². The van der Waals surface area contributed by atoms with Crippen LogP contribution < -0.4 is 11.1 Å². The summed E-state index contributed by atoms with van der Waals surface area (Å²) in [5.74, 6) is -0.00856. The molecule has 3 N–H and O–H groups in total. The van der Waals surface area contributed by atoms with Crippen molar-refractivity contribution in [1.29, 1.82) is 0 Å². The molecule has 6 heteroatoms. The second kappa shape index (κ2) is 6.97. The lowest BCUT2D eigenvalue weighted by Gasteiger charge is -2.14. The first-order chi connectivity index (χ1) is 8.49. The van der Waals surface area contributed by atoms with E-state index in [0.29, 0.717) is 11.8 Å². The van der Waals surface area contributed by atoms with E-state index >= 15 is 0 Å². The number of rotatable bonds is 5. The molecule has 0 aliphatic heterocycles. The molecule has 1 aromatic carbocycles. The number of halogens is 2. The summed E-state index contributed by atoms with van der Waals surface area (Å²) in [5, 5.41) is 3.25. The summed E-state index contributed by atoms with van der Waals surface area (Å²) in [7, 11) is 0. The molecule has 1 aliphatic carbocycles. The zero-order valence-corrected chi connectivity index (χ0v) is 13.9. The van der Waals surface area contributed by atoms with E-state index in [4.69, 9.17) is 5.73 Å². The highest BCUT2D eigenvalue weighted by molar-refractivity contribution is 9.10. The predicted octanol–water partition coefficient (Wildman–Crippen LogP) is 2.96. The zero-order chi connectivity index (χ0) is 13.2. The second-order valence-corrected chi connectivity index (χ2v) is 7.18. The van der Waals surface area contributed by atoms with Gasteiger partial charge in [-0.3, -0.25) is 4.79 Å². The number of thioether (sulfide) groups is 1. The lowest BCUT2D eigenvalue weighted by molar-refractivity contribution is -0.123. The topological polar surface area (TPSA) is 55.1 Å². The van der Waals surface area contributed by atoms with E-state index in [1.54, 1.807) is 11.8 Å². The number of hydrogen-bond donors (Lipinski definition) is 2. The summed E-state index contributed by atoms with van der Waals surface area (Å²) < 4.78 is 1.08. The van der Waals surface area contributed by atoms with Crippen molar-refractivity contribution >= 4 is 46.0 Å². The summed E-state index contributed by atoms with van der Waals surface area (Å²) in [6.45, 7) is 2.75. The third-order valence-corrected chi connectivity index (χ3v) is 4.58. The highest BCUT2D eigenvalue weighted by Gasteiger charge is 2.45. The molecule has 1 aromatic rings. The maximum atomic E-state index is 11.7. The molecule has 1 amide bonds. The van der Waals surface area contributed by atoms with Crippen molar-refractivity contribution in [3.8, 4) is 0 Å². The smallest absolute Gasteiger partial charge is 0.240 e. The quantitative estimate of drug-likeness (QED) is 0.789. The van der Waals surface area contributed by atoms with Crippen molar-refractivity contribution in [2.24, 2.45) is 5.73 Å². The Balaban J connectivity index is 0.00000180. The lowest BCUT2D eigenvalue weighted by atomic mass is 10.2. The Kier molecular flexibility index (Phi) is 6.17. The Morgan fingerprint density at radius 3 is 2.58 bits per heavy atom. The highest BCUT2D eigenvalue weighted by Crippen LogP contribution is 2.32. The van der Waals surface area contributed by atoms with Crippen LogP contribution in [0.1, 0.15) is 19.8 Å². The first-order valence-corrected chi connectivity index (χ1v) is 7.66. The number of carbonyl (C=O) groups is 1. The average Bonchev–Trinajstić information content (AvgIpc) is 3.09. The van der Waals surface area contributed by atoms with Gasteiger partial charge < -0.3 is 11.1 Å². The van der Waals surface area contributed by atoms with E-state index in [-0.39, 0.29) is 18.3 Å². The largest absolute Gasteiger partial charge is 0.353 e. The fourth-order valence-corrected chi connectivity index (χ4v) is 2.75. The molecular formula is C13H18BrClN2OS. The number of hydrogen-bond acceptors (Lipinski definition) is 3. The van der Waals surface area contributed by atoms with Crippen LogP contribution in [0.5, 0.6) is 0 Å². The number of nitrogens with two attached hydrogens (primary N) is 1. The van der Waals surface area contributed by atoms with Crippen LogP contribution in [0.25, 0.3) is 0 Å². The summed E-state index contributed by atoms with van der Waals surface area (Å²) in [5.41, 5.74) is 5.25. The minimum Gasteiger partial charge on any atom is -0.353 e. The molecule has 0 saturated heterocycles. The van der Waals surface area contributed by atoms with Crippen molar-refractivity contribution in [2.75, 3.05) is 6.54 Å². The van der Waals surface area contributed by atoms with E-state index in [2.05, 4.69) is 40.3 Å². The van der Waals surface area contributed by atoms with Crippen LogP contribution in [0.15, 0.2) is 33.6 Å². The number of amides is 1. The van der Waals surface area contributed by atoms with Gasteiger partial charge in [0.25, 0.3) is 0 Å². The van der Waals surface area contributed by atoms with Gasteiger partial charge in [0, 0.05) is 21.2 Å². The summed E-state index contributed by atoms with van der Waals surface area (Å²) in [4.78, 5) is 12.9. The number of nitrogens with one attached hydrogen (secondary N) is 1. The van der Waals surface area contributed by atoms with Crippen LogP contribution in [0, 0.1) is 0 Å². The van der Waals surface area contributed by atoms with Crippen LogP contribution in [-0.4, -0.2) is 23.2 Å². The van der Waals surface area contributed by atoms with Gasteiger partial charge in [-0.05, 0) is 37.1 Å². The van der Waals surface area contributed by atoms with E-state index in [1.807, 2.05) is 12.1 Å². The molecule has 106 valence electrons. The maximum Gasteiger partial charge on any atom is 0.240 e. The molecule has 0 heterocycles. The Labute approximate surface area is 132 Å². The van der Waals surface area contributed by atoms with Gasteiger partial charge in [-0.1, -0.05) is 22.9 Å². The predicted molar refractivity (Wildman–Crippen MR) is 85.9 cm³/mol. The standard InChI is InChI=1S/C13H17BrN2OS.ClH/c1-9(8-16-12(17)13(15)6-7-13)18-11-4-2-10(14)3-5-11;/h2-5,9H,6-8,15H2,1H3,(H,16,17);1H. The van der Waals surface area contributed by atoms with Crippen LogP contribution in [-0.2, 0) is 4.79 Å². The Bertz CT molecular complexity index is 437. The van der Waals surface area contributed by atoms with Crippen LogP contribution in [0.4, 0.5) is 0 Å². The van der Waals surface area contributed by atoms with Crippen molar-refractivity contribution < 1.29 is 4.79 Å². The SMILES string of the molecule is CC(CNC(=O)C1(N)CC1)Sc1ccc(Br)cc1.Cl.